The number of fused-ring (bicyclic) bond motifs is 1. The van der Waals surface area contributed by atoms with Crippen LogP contribution in [-0.2, 0) is 26.6 Å². The molecular weight excluding hydrogens is 236 g/mol. The van der Waals surface area contributed by atoms with E-state index in [1.807, 2.05) is 18.8 Å². The first kappa shape index (κ1) is 12.2. The van der Waals surface area contributed by atoms with Gasteiger partial charge in [-0.1, -0.05) is 30.3 Å². The fourth-order valence-corrected chi connectivity index (χ4v) is 2.86. The van der Waals surface area contributed by atoms with Crippen molar-refractivity contribution in [2.45, 2.75) is 19.5 Å². The third-order valence-electron chi connectivity index (χ3n) is 3.77. The summed E-state index contributed by atoms with van der Waals surface area (Å²) < 4.78 is 1.96. The van der Waals surface area contributed by atoms with Crippen LogP contribution in [0.5, 0.6) is 0 Å². The van der Waals surface area contributed by atoms with Gasteiger partial charge in [0.25, 0.3) is 0 Å². The first-order valence-electron chi connectivity index (χ1n) is 6.76. The third kappa shape index (κ3) is 2.36. The lowest BCUT2D eigenvalue weighted by Crippen LogP contribution is -2.30. The van der Waals surface area contributed by atoms with E-state index in [0.717, 1.165) is 31.9 Å². The van der Waals surface area contributed by atoms with Crippen LogP contribution in [0.2, 0.25) is 0 Å². The largest absolute Gasteiger partial charge is 0.373 e. The molecule has 2 aromatic rings. The van der Waals surface area contributed by atoms with Crippen LogP contribution in [-0.4, -0.2) is 28.3 Å². The van der Waals surface area contributed by atoms with Gasteiger partial charge in [0.05, 0.1) is 5.69 Å². The quantitative estimate of drug-likeness (QED) is 0.912. The topological polar surface area (TPSA) is 33.1 Å². The maximum absolute atomic E-state index is 4.63. The first-order chi connectivity index (χ1) is 9.28. The minimum absolute atomic E-state index is 0.944. The standard InChI is InChI=1S/C15H20N4/c1-16-15-13-8-9-19(11-14(13)17-18(15)2)10-12-6-4-3-5-7-12/h3-7,16H,8-11H2,1-2H3. The lowest BCUT2D eigenvalue weighted by atomic mass is 10.1. The van der Waals surface area contributed by atoms with Gasteiger partial charge in [-0.15, -0.1) is 0 Å². The van der Waals surface area contributed by atoms with Gasteiger partial charge >= 0.3 is 0 Å². The van der Waals surface area contributed by atoms with Crippen LogP contribution in [0, 0.1) is 0 Å². The van der Waals surface area contributed by atoms with Gasteiger partial charge in [-0.05, 0) is 12.0 Å². The Morgan fingerprint density at radius 1 is 1.26 bits per heavy atom. The van der Waals surface area contributed by atoms with E-state index in [4.69, 9.17) is 0 Å². The van der Waals surface area contributed by atoms with Crippen molar-refractivity contribution < 1.29 is 0 Å². The molecule has 100 valence electrons. The predicted molar refractivity (Wildman–Crippen MR) is 77.0 cm³/mol. The Morgan fingerprint density at radius 2 is 2.05 bits per heavy atom. The summed E-state index contributed by atoms with van der Waals surface area (Å²) in [7, 11) is 3.97. The maximum Gasteiger partial charge on any atom is 0.127 e. The monoisotopic (exact) mass is 256 g/mol. The summed E-state index contributed by atoms with van der Waals surface area (Å²) in [5, 5.41) is 7.88. The Kier molecular flexibility index (Phi) is 3.25. The summed E-state index contributed by atoms with van der Waals surface area (Å²) in [6, 6.07) is 10.6. The van der Waals surface area contributed by atoms with Crippen LogP contribution in [0.1, 0.15) is 16.8 Å². The smallest absolute Gasteiger partial charge is 0.127 e. The summed E-state index contributed by atoms with van der Waals surface area (Å²) in [5.74, 6) is 1.16. The van der Waals surface area contributed by atoms with E-state index in [-0.39, 0.29) is 0 Å². The molecular formula is C15H20N4. The lowest BCUT2D eigenvalue weighted by Gasteiger charge is -2.26. The summed E-state index contributed by atoms with van der Waals surface area (Å²) in [4.78, 5) is 2.46. The molecule has 0 saturated carbocycles. The molecule has 0 saturated heterocycles. The molecule has 1 N–H and O–H groups in total. The molecule has 0 atom stereocenters. The SMILES string of the molecule is CNc1c2c(nn1C)CN(Cc1ccccc1)CC2. The van der Waals surface area contributed by atoms with Gasteiger partial charge in [0.2, 0.25) is 0 Å². The van der Waals surface area contributed by atoms with Crippen LogP contribution >= 0.6 is 0 Å². The van der Waals surface area contributed by atoms with Crippen molar-refractivity contribution in [3.63, 3.8) is 0 Å². The van der Waals surface area contributed by atoms with E-state index in [2.05, 4.69) is 45.6 Å². The van der Waals surface area contributed by atoms with Gasteiger partial charge in [-0.2, -0.15) is 5.10 Å². The van der Waals surface area contributed by atoms with Crippen molar-refractivity contribution in [2.75, 3.05) is 18.9 Å². The molecule has 2 heterocycles. The number of nitrogens with zero attached hydrogens (tertiary/aromatic N) is 3. The molecule has 19 heavy (non-hydrogen) atoms. The summed E-state index contributed by atoms with van der Waals surface area (Å²) in [6.07, 6.45) is 1.08. The van der Waals surface area contributed by atoms with E-state index in [9.17, 15) is 0 Å². The van der Waals surface area contributed by atoms with E-state index in [1.165, 1.54) is 16.8 Å². The molecule has 1 aliphatic heterocycles. The highest BCUT2D eigenvalue weighted by Gasteiger charge is 2.22. The van der Waals surface area contributed by atoms with Crippen molar-refractivity contribution >= 4 is 5.82 Å². The molecule has 3 rings (SSSR count). The zero-order valence-corrected chi connectivity index (χ0v) is 11.6. The Balaban J connectivity index is 1.76. The fourth-order valence-electron chi connectivity index (χ4n) is 2.86. The number of benzene rings is 1. The zero-order chi connectivity index (χ0) is 13.2. The first-order valence-corrected chi connectivity index (χ1v) is 6.76. The van der Waals surface area contributed by atoms with Crippen LogP contribution in [0.15, 0.2) is 30.3 Å². The molecule has 0 bridgehead atoms. The highest BCUT2D eigenvalue weighted by molar-refractivity contribution is 5.48. The molecule has 0 amide bonds. The Bertz CT molecular complexity index is 559. The van der Waals surface area contributed by atoms with Crippen molar-refractivity contribution in [2.24, 2.45) is 7.05 Å². The number of hydrogen-bond donors (Lipinski definition) is 1. The molecule has 4 nitrogen and oxygen atoms in total. The number of anilines is 1. The van der Waals surface area contributed by atoms with Crippen LogP contribution in [0.3, 0.4) is 0 Å². The Morgan fingerprint density at radius 3 is 2.79 bits per heavy atom. The van der Waals surface area contributed by atoms with E-state index in [0.29, 0.717) is 0 Å². The normalized spacial score (nSPS) is 15.3. The van der Waals surface area contributed by atoms with Crippen molar-refractivity contribution in [3.05, 3.63) is 47.2 Å². The molecule has 1 aliphatic rings. The number of rotatable bonds is 3. The number of hydrogen-bond acceptors (Lipinski definition) is 3. The second kappa shape index (κ2) is 5.05. The highest BCUT2D eigenvalue weighted by atomic mass is 15.3. The van der Waals surface area contributed by atoms with Crippen LogP contribution in [0.4, 0.5) is 5.82 Å². The number of aromatic nitrogens is 2. The average Bonchev–Trinajstić information content (AvgIpc) is 2.74. The van der Waals surface area contributed by atoms with Gasteiger partial charge in [0.1, 0.15) is 5.82 Å². The number of aryl methyl sites for hydroxylation is 1. The minimum Gasteiger partial charge on any atom is -0.373 e. The Hall–Kier alpha value is -1.81. The van der Waals surface area contributed by atoms with Gasteiger partial charge in [-0.25, -0.2) is 0 Å². The summed E-state index contributed by atoms with van der Waals surface area (Å²) >= 11 is 0. The van der Waals surface area contributed by atoms with Gasteiger partial charge < -0.3 is 5.32 Å². The van der Waals surface area contributed by atoms with E-state index >= 15 is 0 Å². The fraction of sp³-hybridized carbons (Fsp3) is 0.400. The molecule has 0 unspecified atom stereocenters. The molecule has 1 aromatic heterocycles. The lowest BCUT2D eigenvalue weighted by molar-refractivity contribution is 0.242. The predicted octanol–water partition coefficient (Wildman–Crippen LogP) is 2.02. The second-order valence-electron chi connectivity index (χ2n) is 5.09. The summed E-state index contributed by atoms with van der Waals surface area (Å²) in [5.41, 5.74) is 3.97. The average molecular weight is 256 g/mol. The zero-order valence-electron chi connectivity index (χ0n) is 11.6. The maximum atomic E-state index is 4.63. The molecule has 1 aromatic carbocycles. The van der Waals surface area contributed by atoms with Crippen molar-refractivity contribution in [1.29, 1.82) is 0 Å². The molecule has 0 aliphatic carbocycles. The molecule has 0 spiro atoms. The molecule has 0 fully saturated rings. The van der Waals surface area contributed by atoms with Gasteiger partial charge in [-0.3, -0.25) is 9.58 Å². The molecule has 4 heteroatoms. The highest BCUT2D eigenvalue weighted by Crippen LogP contribution is 2.25. The molecule has 0 radical (unpaired) electrons. The second-order valence-corrected chi connectivity index (χ2v) is 5.09. The van der Waals surface area contributed by atoms with Crippen LogP contribution in [0.25, 0.3) is 0 Å². The summed E-state index contributed by atoms with van der Waals surface area (Å²) in [6.45, 7) is 3.05. The van der Waals surface area contributed by atoms with Gasteiger partial charge in [0.15, 0.2) is 0 Å². The van der Waals surface area contributed by atoms with E-state index in [1.54, 1.807) is 0 Å². The van der Waals surface area contributed by atoms with Crippen LogP contribution < -0.4 is 5.32 Å². The van der Waals surface area contributed by atoms with Crippen molar-refractivity contribution in [1.82, 2.24) is 14.7 Å². The Labute approximate surface area is 114 Å². The minimum atomic E-state index is 0.944. The number of nitrogens with one attached hydrogen (secondary N) is 1. The van der Waals surface area contributed by atoms with Gasteiger partial charge in [0, 0.05) is 39.3 Å². The van der Waals surface area contributed by atoms with Crippen molar-refractivity contribution in [3.8, 4) is 0 Å². The van der Waals surface area contributed by atoms with E-state index < -0.39 is 0 Å². The third-order valence-corrected chi connectivity index (χ3v) is 3.77.